The second-order valence-corrected chi connectivity index (χ2v) is 17.1. The molecule has 0 amide bonds. The highest BCUT2D eigenvalue weighted by molar-refractivity contribution is 7.25. The van der Waals surface area contributed by atoms with Crippen LogP contribution in [0.3, 0.4) is 0 Å². The van der Waals surface area contributed by atoms with Crippen LogP contribution in [0.4, 0.5) is 0 Å². The van der Waals surface area contributed by atoms with Gasteiger partial charge in [0.25, 0.3) is 0 Å². The monoisotopic (exact) mass is 821 g/mol. The van der Waals surface area contributed by atoms with Crippen molar-refractivity contribution in [3.05, 3.63) is 212 Å². The average Bonchev–Trinajstić information content (AvgIpc) is 4.01. The van der Waals surface area contributed by atoms with Gasteiger partial charge < -0.3 is 9.13 Å². The topological polar surface area (TPSA) is 48.5 Å². The first-order valence-electron chi connectivity index (χ1n) is 21.2. The van der Waals surface area contributed by atoms with Crippen LogP contribution in [0.15, 0.2) is 212 Å². The molecular formula is C57H35N5S. The largest absolute Gasteiger partial charge is 0.309 e. The van der Waals surface area contributed by atoms with Gasteiger partial charge in [-0.3, -0.25) is 0 Å². The van der Waals surface area contributed by atoms with Gasteiger partial charge in [-0.25, -0.2) is 15.0 Å². The van der Waals surface area contributed by atoms with Crippen LogP contribution in [-0.4, -0.2) is 24.1 Å². The number of fused-ring (bicyclic) bond motifs is 9. The van der Waals surface area contributed by atoms with E-state index < -0.39 is 0 Å². The van der Waals surface area contributed by atoms with Gasteiger partial charge in [-0.2, -0.15) is 0 Å². The van der Waals surface area contributed by atoms with E-state index in [0.29, 0.717) is 17.5 Å². The van der Waals surface area contributed by atoms with E-state index in [2.05, 4.69) is 221 Å². The molecule has 0 aliphatic carbocycles. The lowest BCUT2D eigenvalue weighted by atomic mass is 10.0. The van der Waals surface area contributed by atoms with E-state index in [1.807, 2.05) is 0 Å². The average molecular weight is 822 g/mol. The molecule has 63 heavy (non-hydrogen) atoms. The van der Waals surface area contributed by atoms with Gasteiger partial charge in [0.15, 0.2) is 17.5 Å². The maximum absolute atomic E-state index is 5.30. The molecule has 13 rings (SSSR count). The summed E-state index contributed by atoms with van der Waals surface area (Å²) in [7, 11) is 0. The fourth-order valence-electron chi connectivity index (χ4n) is 9.44. The third-order valence-corrected chi connectivity index (χ3v) is 13.5. The number of para-hydroxylation sites is 3. The van der Waals surface area contributed by atoms with Crippen molar-refractivity contribution in [2.75, 3.05) is 0 Å². The molecule has 0 saturated carbocycles. The van der Waals surface area contributed by atoms with E-state index in [9.17, 15) is 0 Å². The summed E-state index contributed by atoms with van der Waals surface area (Å²) in [6.45, 7) is 0. The summed E-state index contributed by atoms with van der Waals surface area (Å²) in [6, 6.07) is 75.6. The van der Waals surface area contributed by atoms with E-state index in [4.69, 9.17) is 15.0 Å². The summed E-state index contributed by atoms with van der Waals surface area (Å²) in [5, 5.41) is 7.25. The number of rotatable bonds is 6. The number of aromatic nitrogens is 5. The number of benzene rings is 9. The molecule has 13 aromatic rings. The summed E-state index contributed by atoms with van der Waals surface area (Å²) in [6.07, 6.45) is 0. The van der Waals surface area contributed by atoms with Crippen LogP contribution in [0.5, 0.6) is 0 Å². The van der Waals surface area contributed by atoms with Crippen molar-refractivity contribution >= 4 is 75.1 Å². The van der Waals surface area contributed by atoms with E-state index in [-0.39, 0.29) is 0 Å². The Labute approximate surface area is 366 Å². The van der Waals surface area contributed by atoms with Gasteiger partial charge >= 0.3 is 0 Å². The number of nitrogens with zero attached hydrogens (tertiary/aromatic N) is 5. The van der Waals surface area contributed by atoms with Crippen LogP contribution < -0.4 is 0 Å². The molecule has 0 bridgehead atoms. The third kappa shape index (κ3) is 5.80. The Morgan fingerprint density at radius 2 is 0.730 bits per heavy atom. The van der Waals surface area contributed by atoms with Crippen molar-refractivity contribution in [1.29, 1.82) is 0 Å². The van der Waals surface area contributed by atoms with Gasteiger partial charge in [-0.05, 0) is 90.0 Å². The first-order chi connectivity index (χ1) is 31.2. The van der Waals surface area contributed by atoms with E-state index in [1.165, 1.54) is 47.5 Å². The zero-order valence-corrected chi connectivity index (χ0v) is 34.7. The molecule has 0 unspecified atom stereocenters. The zero-order chi connectivity index (χ0) is 41.4. The highest BCUT2D eigenvalue weighted by Gasteiger charge is 2.19. The van der Waals surface area contributed by atoms with E-state index in [1.54, 1.807) is 11.3 Å². The van der Waals surface area contributed by atoms with Crippen LogP contribution in [-0.2, 0) is 0 Å². The smallest absolute Gasteiger partial charge is 0.164 e. The van der Waals surface area contributed by atoms with Crippen molar-refractivity contribution in [3.63, 3.8) is 0 Å². The standard InChI is InChI=1S/C57H35N5S/c1-3-14-36(15-4-1)37-27-30-52-47(33-37)43-20-8-11-24-50(43)62(52)42-19-13-16-38(32-42)55-58-56(60-57(59-55)40-26-29-46-45-22-9-12-25-53(45)63-54(46)35-40)39-28-31-51-48(34-39)44-21-7-10-23-49(44)61(51)41-17-5-2-6-18-41/h1-35H. The van der Waals surface area contributed by atoms with Crippen molar-refractivity contribution in [1.82, 2.24) is 24.1 Å². The summed E-state index contributed by atoms with van der Waals surface area (Å²) >= 11 is 1.80. The lowest BCUT2D eigenvalue weighted by molar-refractivity contribution is 1.07. The Balaban J connectivity index is 1.00. The van der Waals surface area contributed by atoms with E-state index >= 15 is 0 Å². The SMILES string of the molecule is c1ccc(-c2ccc3c(c2)c2ccccc2n3-c2cccc(-c3nc(-c4ccc5c(c4)sc4ccccc45)nc(-c4ccc5c(c4)c4ccccc4n5-c4ccccc4)n3)c2)cc1. The Morgan fingerprint density at radius 3 is 1.43 bits per heavy atom. The maximum atomic E-state index is 5.30. The Bertz CT molecular complexity index is 3920. The minimum Gasteiger partial charge on any atom is -0.309 e. The number of thiophene rings is 1. The van der Waals surface area contributed by atoms with Gasteiger partial charge in [0.05, 0.1) is 22.1 Å². The number of hydrogen-bond donors (Lipinski definition) is 0. The molecule has 294 valence electrons. The molecule has 0 radical (unpaired) electrons. The van der Waals surface area contributed by atoms with Crippen LogP contribution in [0.2, 0.25) is 0 Å². The molecule has 5 nitrogen and oxygen atoms in total. The molecule has 0 spiro atoms. The molecular weight excluding hydrogens is 787 g/mol. The normalized spacial score (nSPS) is 11.8. The molecule has 0 saturated heterocycles. The van der Waals surface area contributed by atoms with Crippen molar-refractivity contribution < 1.29 is 0 Å². The van der Waals surface area contributed by atoms with Crippen molar-refractivity contribution in [2.24, 2.45) is 0 Å². The fraction of sp³-hybridized carbons (Fsp3) is 0. The maximum Gasteiger partial charge on any atom is 0.164 e. The summed E-state index contributed by atoms with van der Waals surface area (Å²) < 4.78 is 7.17. The lowest BCUT2D eigenvalue weighted by Gasteiger charge is -2.12. The molecule has 4 aromatic heterocycles. The molecule has 0 fully saturated rings. The molecule has 6 heteroatoms. The predicted molar refractivity (Wildman–Crippen MR) is 263 cm³/mol. The molecule has 4 heterocycles. The summed E-state index contributed by atoms with van der Waals surface area (Å²) in [5.41, 5.74) is 11.9. The van der Waals surface area contributed by atoms with Crippen LogP contribution in [0, 0.1) is 0 Å². The first-order valence-corrected chi connectivity index (χ1v) is 22.0. The van der Waals surface area contributed by atoms with Crippen LogP contribution in [0.1, 0.15) is 0 Å². The van der Waals surface area contributed by atoms with Gasteiger partial charge in [-0.1, -0.05) is 133 Å². The van der Waals surface area contributed by atoms with Crippen LogP contribution >= 0.6 is 11.3 Å². The van der Waals surface area contributed by atoms with Crippen molar-refractivity contribution in [3.8, 4) is 56.7 Å². The minimum absolute atomic E-state index is 0.618. The zero-order valence-electron chi connectivity index (χ0n) is 33.9. The van der Waals surface area contributed by atoms with Gasteiger partial charge in [0, 0.05) is 69.8 Å². The highest BCUT2D eigenvalue weighted by atomic mass is 32.1. The number of hydrogen-bond acceptors (Lipinski definition) is 4. The predicted octanol–water partition coefficient (Wildman–Crippen LogP) is 15.1. The van der Waals surface area contributed by atoms with E-state index in [0.717, 1.165) is 55.5 Å². The molecule has 0 N–H and O–H groups in total. The fourth-order valence-corrected chi connectivity index (χ4v) is 10.6. The van der Waals surface area contributed by atoms with Gasteiger partial charge in [0.1, 0.15) is 0 Å². The molecule has 0 aliphatic rings. The quantitative estimate of drug-likeness (QED) is 0.168. The molecule has 0 aliphatic heterocycles. The summed E-state index contributed by atoms with van der Waals surface area (Å²) in [4.78, 5) is 15.9. The third-order valence-electron chi connectivity index (χ3n) is 12.4. The second kappa shape index (κ2) is 14.2. The Kier molecular flexibility index (Phi) is 8.01. The first kappa shape index (κ1) is 35.6. The highest BCUT2D eigenvalue weighted by Crippen LogP contribution is 2.39. The van der Waals surface area contributed by atoms with Crippen LogP contribution in [0.25, 0.3) is 120 Å². The lowest BCUT2D eigenvalue weighted by Crippen LogP contribution is -2.01. The van der Waals surface area contributed by atoms with Gasteiger partial charge in [-0.15, -0.1) is 11.3 Å². The summed E-state index contributed by atoms with van der Waals surface area (Å²) in [5.74, 6) is 1.88. The Morgan fingerprint density at radius 1 is 0.270 bits per heavy atom. The second-order valence-electron chi connectivity index (χ2n) is 16.0. The molecule has 0 atom stereocenters. The Hall–Kier alpha value is -8.19. The molecule has 9 aromatic carbocycles. The minimum atomic E-state index is 0.618. The van der Waals surface area contributed by atoms with Gasteiger partial charge in [0.2, 0.25) is 0 Å². The van der Waals surface area contributed by atoms with Crippen molar-refractivity contribution in [2.45, 2.75) is 0 Å².